The Labute approximate surface area is 376 Å². The zero-order valence-corrected chi connectivity index (χ0v) is 35.4. The van der Waals surface area contributed by atoms with Crippen LogP contribution in [-0.2, 0) is 5.41 Å². The first-order valence-corrected chi connectivity index (χ1v) is 22.5. The van der Waals surface area contributed by atoms with E-state index in [1.807, 2.05) is 12.1 Å². The summed E-state index contributed by atoms with van der Waals surface area (Å²) >= 11 is 0. The van der Waals surface area contributed by atoms with Crippen molar-refractivity contribution in [2.45, 2.75) is 5.41 Å². The van der Waals surface area contributed by atoms with Gasteiger partial charge in [0.15, 0.2) is 0 Å². The van der Waals surface area contributed by atoms with Crippen LogP contribution in [0.15, 0.2) is 241 Å². The maximum Gasteiger partial charge on any atom is 0.143 e. The molecule has 0 bridgehead atoms. The molecule has 11 aromatic carbocycles. The van der Waals surface area contributed by atoms with Gasteiger partial charge in [0.25, 0.3) is 0 Å². The van der Waals surface area contributed by atoms with E-state index in [0.29, 0.717) is 0 Å². The number of hydrogen-bond acceptors (Lipinski definition) is 2. The van der Waals surface area contributed by atoms with Crippen molar-refractivity contribution in [2.75, 3.05) is 4.90 Å². The van der Waals surface area contributed by atoms with Gasteiger partial charge in [-0.25, -0.2) is 0 Å². The third-order valence-corrected chi connectivity index (χ3v) is 14.3. The summed E-state index contributed by atoms with van der Waals surface area (Å²) in [6.45, 7) is 0. The first kappa shape index (κ1) is 36.1. The lowest BCUT2D eigenvalue weighted by molar-refractivity contribution is 0.670. The highest BCUT2D eigenvalue weighted by molar-refractivity contribution is 6.15. The quantitative estimate of drug-likeness (QED) is 0.161. The van der Waals surface area contributed by atoms with E-state index < -0.39 is 0 Å². The van der Waals surface area contributed by atoms with Crippen molar-refractivity contribution in [3.8, 4) is 44.5 Å². The number of nitrogens with zero attached hydrogens (tertiary/aromatic N) is 1. The van der Waals surface area contributed by atoms with Crippen LogP contribution in [0.5, 0.6) is 0 Å². The average molecular weight is 826 g/mol. The maximum atomic E-state index is 6.49. The molecule has 0 radical (unpaired) electrons. The molecule has 12 aromatic rings. The van der Waals surface area contributed by atoms with Crippen LogP contribution in [-0.4, -0.2) is 0 Å². The van der Waals surface area contributed by atoms with E-state index in [1.165, 1.54) is 77.2 Å². The molecule has 0 saturated carbocycles. The summed E-state index contributed by atoms with van der Waals surface area (Å²) in [6.07, 6.45) is 0. The number of benzene rings is 11. The van der Waals surface area contributed by atoms with Crippen molar-refractivity contribution in [2.24, 2.45) is 0 Å². The topological polar surface area (TPSA) is 16.4 Å². The van der Waals surface area contributed by atoms with Gasteiger partial charge in [0, 0.05) is 33.1 Å². The number of fused-ring (bicyclic) bond motifs is 16. The minimum Gasteiger partial charge on any atom is -0.455 e. The predicted molar refractivity (Wildman–Crippen MR) is 271 cm³/mol. The Balaban J connectivity index is 0.936. The summed E-state index contributed by atoms with van der Waals surface area (Å²) in [5, 5.41) is 7.16. The summed E-state index contributed by atoms with van der Waals surface area (Å²) in [5.41, 5.74) is 20.0. The van der Waals surface area contributed by atoms with E-state index in [4.69, 9.17) is 4.42 Å². The minimum absolute atomic E-state index is 0.384. The molecular formula is C63H39NO. The number of rotatable bonds is 5. The molecule has 0 saturated heterocycles. The molecule has 0 atom stereocenters. The van der Waals surface area contributed by atoms with Gasteiger partial charge in [-0.1, -0.05) is 200 Å². The molecule has 0 aliphatic heterocycles. The molecule has 302 valence electrons. The summed E-state index contributed by atoms with van der Waals surface area (Å²) in [4.78, 5) is 2.43. The second-order valence-electron chi connectivity index (χ2n) is 17.5. The lowest BCUT2D eigenvalue weighted by Gasteiger charge is -2.30. The van der Waals surface area contributed by atoms with Crippen LogP contribution in [0, 0.1) is 0 Å². The fourth-order valence-electron chi connectivity index (χ4n) is 11.6. The van der Waals surface area contributed by atoms with Crippen LogP contribution >= 0.6 is 0 Å². The van der Waals surface area contributed by atoms with Crippen LogP contribution < -0.4 is 4.90 Å². The van der Waals surface area contributed by atoms with Gasteiger partial charge in [-0.3, -0.25) is 0 Å². The molecule has 2 aliphatic rings. The zero-order valence-electron chi connectivity index (χ0n) is 35.4. The second-order valence-corrected chi connectivity index (χ2v) is 17.5. The normalized spacial score (nSPS) is 13.0. The van der Waals surface area contributed by atoms with Gasteiger partial charge in [-0.2, -0.15) is 0 Å². The molecule has 1 spiro atoms. The fraction of sp³-hybridized carbons (Fsp3) is 0.0159. The van der Waals surface area contributed by atoms with Gasteiger partial charge in [0.05, 0.1) is 11.1 Å². The van der Waals surface area contributed by atoms with Crippen molar-refractivity contribution >= 4 is 60.5 Å². The number of para-hydroxylation sites is 2. The lowest BCUT2D eigenvalue weighted by atomic mass is 9.70. The highest BCUT2D eigenvalue weighted by Crippen LogP contribution is 2.64. The Hall–Kier alpha value is -8.46. The van der Waals surface area contributed by atoms with Crippen molar-refractivity contribution in [1.29, 1.82) is 0 Å². The third-order valence-electron chi connectivity index (χ3n) is 14.3. The van der Waals surface area contributed by atoms with Crippen molar-refractivity contribution in [3.05, 3.63) is 259 Å². The van der Waals surface area contributed by atoms with E-state index in [2.05, 4.69) is 229 Å². The number of furan rings is 1. The average Bonchev–Trinajstić information content (AvgIpc) is 4.01. The summed E-state index contributed by atoms with van der Waals surface area (Å²) in [5.74, 6) is 0. The summed E-state index contributed by atoms with van der Waals surface area (Å²) in [6, 6.07) is 87.0. The van der Waals surface area contributed by atoms with Gasteiger partial charge in [-0.15, -0.1) is 0 Å². The van der Waals surface area contributed by atoms with Crippen molar-refractivity contribution < 1.29 is 4.42 Å². The van der Waals surface area contributed by atoms with Crippen LogP contribution in [0.3, 0.4) is 0 Å². The summed E-state index contributed by atoms with van der Waals surface area (Å²) in [7, 11) is 0. The van der Waals surface area contributed by atoms with Gasteiger partial charge in [0.2, 0.25) is 0 Å². The van der Waals surface area contributed by atoms with Crippen molar-refractivity contribution in [1.82, 2.24) is 0 Å². The van der Waals surface area contributed by atoms with E-state index >= 15 is 0 Å². The van der Waals surface area contributed by atoms with Gasteiger partial charge < -0.3 is 9.32 Å². The molecule has 0 fully saturated rings. The predicted octanol–water partition coefficient (Wildman–Crippen LogP) is 17.0. The smallest absolute Gasteiger partial charge is 0.143 e. The fourth-order valence-corrected chi connectivity index (χ4v) is 11.6. The maximum absolute atomic E-state index is 6.49. The Kier molecular flexibility index (Phi) is 7.64. The molecule has 2 heteroatoms. The minimum atomic E-state index is -0.384. The SMILES string of the molecule is c1ccc2c(c1)-c1ccccc1C21c2ccccc2-c2c(-c3ccc(N(c4ccc(-c5cccc6c5oc5ccccc56)cc4)c4cccc5ccc6ccccc6c45)cc3)cccc21. The second kappa shape index (κ2) is 13.8. The van der Waals surface area contributed by atoms with Crippen LogP contribution in [0.2, 0.25) is 0 Å². The van der Waals surface area contributed by atoms with Gasteiger partial charge >= 0.3 is 0 Å². The monoisotopic (exact) mass is 825 g/mol. The molecule has 14 rings (SSSR count). The zero-order chi connectivity index (χ0) is 42.6. The van der Waals surface area contributed by atoms with Gasteiger partial charge in [-0.05, 0) is 114 Å². The largest absolute Gasteiger partial charge is 0.455 e. The van der Waals surface area contributed by atoms with E-state index in [-0.39, 0.29) is 5.41 Å². The molecule has 2 nitrogen and oxygen atoms in total. The van der Waals surface area contributed by atoms with E-state index in [9.17, 15) is 0 Å². The molecule has 2 aliphatic carbocycles. The molecule has 1 aromatic heterocycles. The standard InChI is InChI=1S/C63H39NO/c1-2-16-46-40(14-1)30-31-43-15-11-28-58(60(43)46)64(45-38-34-42(35-39-45)48-22-12-23-52-51-19-6-10-29-59(51)65-62(48)52)44-36-32-41(33-37-44)47-21-13-27-57-61(47)53-20-5-9-26-56(53)63(57)54-24-7-3-17-49(54)50-18-4-8-25-55(50)63/h1-39H. The molecule has 1 heterocycles. The number of anilines is 3. The molecular weight excluding hydrogens is 787 g/mol. The summed E-state index contributed by atoms with van der Waals surface area (Å²) < 4.78 is 6.49. The highest BCUT2D eigenvalue weighted by atomic mass is 16.3. The molecule has 65 heavy (non-hydrogen) atoms. The van der Waals surface area contributed by atoms with E-state index in [0.717, 1.165) is 50.1 Å². The van der Waals surface area contributed by atoms with Crippen LogP contribution in [0.1, 0.15) is 22.3 Å². The highest BCUT2D eigenvalue weighted by Gasteiger charge is 2.51. The lowest BCUT2D eigenvalue weighted by Crippen LogP contribution is -2.25. The molecule has 0 unspecified atom stereocenters. The molecule has 0 amide bonds. The van der Waals surface area contributed by atoms with E-state index in [1.54, 1.807) is 0 Å². The van der Waals surface area contributed by atoms with Crippen LogP contribution in [0.4, 0.5) is 17.1 Å². The number of hydrogen-bond donors (Lipinski definition) is 0. The van der Waals surface area contributed by atoms with Crippen molar-refractivity contribution in [3.63, 3.8) is 0 Å². The Bertz CT molecular complexity index is 3850. The first-order valence-electron chi connectivity index (χ1n) is 22.5. The third kappa shape index (κ3) is 5.05. The Morgan fingerprint density at radius 2 is 0.815 bits per heavy atom. The molecule has 0 N–H and O–H groups in total. The van der Waals surface area contributed by atoms with Crippen LogP contribution in [0.25, 0.3) is 88.0 Å². The Morgan fingerprint density at radius 1 is 0.323 bits per heavy atom. The first-order chi connectivity index (χ1) is 32.3. The van der Waals surface area contributed by atoms with Gasteiger partial charge in [0.1, 0.15) is 11.2 Å². The Morgan fingerprint density at radius 3 is 1.55 bits per heavy atom.